The number of carbonyl (C=O) groups excluding carboxylic acids is 1. The third-order valence-corrected chi connectivity index (χ3v) is 3.59. The summed E-state index contributed by atoms with van der Waals surface area (Å²) in [6.07, 6.45) is 0. The number of aromatic nitrogens is 2. The first-order chi connectivity index (χ1) is 12.6. The minimum atomic E-state index is -1.37. The fourth-order valence-electron chi connectivity index (χ4n) is 2.42. The Morgan fingerprint density at radius 1 is 0.926 bits per heavy atom. The molecule has 0 bridgehead atoms. The van der Waals surface area contributed by atoms with Gasteiger partial charge in [-0.25, -0.2) is 0 Å². The number of hydrogen-bond acceptors (Lipinski definition) is 7. The van der Waals surface area contributed by atoms with E-state index in [2.05, 4.69) is 9.97 Å². The molecule has 1 heterocycles. The van der Waals surface area contributed by atoms with Gasteiger partial charge in [-0.15, -0.1) is 0 Å². The molecule has 0 fully saturated rings. The van der Waals surface area contributed by atoms with Crippen LogP contribution in [0.1, 0.15) is 10.4 Å². The molecule has 0 aliphatic heterocycles. The first-order valence-corrected chi connectivity index (χ1v) is 7.67. The van der Waals surface area contributed by atoms with E-state index in [0.717, 1.165) is 5.56 Å². The Labute approximate surface area is 156 Å². The number of carboxylic acids is 1. The standard InChI is InChI=1S/C19H16N2O5.H3N/c1-24-15-11-16(25-2)21-19(20-15)26-14-10-6-9-13(17(14)18(22)23)12-7-4-3-5-8-12;/h3-11H,1-2H3,(H,22,23);1H3. The summed E-state index contributed by atoms with van der Waals surface area (Å²) < 4.78 is 15.7. The molecule has 2 aromatic carbocycles. The van der Waals surface area contributed by atoms with Crippen molar-refractivity contribution in [2.24, 2.45) is 0 Å². The molecule has 0 amide bonds. The Morgan fingerprint density at radius 2 is 1.56 bits per heavy atom. The summed E-state index contributed by atoms with van der Waals surface area (Å²) >= 11 is 0. The quantitative estimate of drug-likeness (QED) is 0.707. The minimum absolute atomic E-state index is 0. The third kappa shape index (κ3) is 4.31. The van der Waals surface area contributed by atoms with Gasteiger partial charge < -0.3 is 30.3 Å². The highest BCUT2D eigenvalue weighted by Crippen LogP contribution is 2.33. The highest BCUT2D eigenvalue weighted by molar-refractivity contribution is 5.97. The van der Waals surface area contributed by atoms with Crippen molar-refractivity contribution in [2.45, 2.75) is 0 Å². The van der Waals surface area contributed by atoms with Gasteiger partial charge in [-0.1, -0.05) is 42.5 Å². The molecule has 3 aromatic rings. The van der Waals surface area contributed by atoms with Crippen LogP contribution < -0.4 is 25.5 Å². The molecule has 3 rings (SSSR count). The molecule has 27 heavy (non-hydrogen) atoms. The average molecular weight is 369 g/mol. The van der Waals surface area contributed by atoms with E-state index >= 15 is 0 Å². The second kappa shape index (κ2) is 8.63. The molecule has 8 heteroatoms. The van der Waals surface area contributed by atoms with Crippen LogP contribution in [0, 0.1) is 0 Å². The smallest absolute Gasteiger partial charge is 0.328 e. The third-order valence-electron chi connectivity index (χ3n) is 3.59. The first kappa shape index (κ1) is 19.7. The zero-order valence-electron chi connectivity index (χ0n) is 15.1. The molecule has 0 saturated carbocycles. The number of rotatable bonds is 6. The highest BCUT2D eigenvalue weighted by Gasteiger charge is 2.15. The molecule has 0 atom stereocenters. The van der Waals surface area contributed by atoms with Gasteiger partial charge in [0.05, 0.1) is 26.3 Å². The van der Waals surface area contributed by atoms with Crippen LogP contribution in [-0.2, 0) is 0 Å². The van der Waals surface area contributed by atoms with Crippen LogP contribution in [-0.4, -0.2) is 30.2 Å². The second-order valence-corrected chi connectivity index (χ2v) is 5.17. The van der Waals surface area contributed by atoms with Crippen molar-refractivity contribution < 1.29 is 24.1 Å². The van der Waals surface area contributed by atoms with E-state index in [9.17, 15) is 9.90 Å². The number of aromatic carboxylic acids is 1. The number of hydrogen-bond donors (Lipinski definition) is 1. The highest BCUT2D eigenvalue weighted by atomic mass is 16.5. The fraction of sp³-hybridized carbons (Fsp3) is 0.105. The summed E-state index contributed by atoms with van der Waals surface area (Å²) in [4.78, 5) is 19.9. The molecule has 8 nitrogen and oxygen atoms in total. The lowest BCUT2D eigenvalue weighted by molar-refractivity contribution is -0.255. The number of benzene rings is 2. The maximum atomic E-state index is 11.8. The summed E-state index contributed by atoms with van der Waals surface area (Å²) in [7, 11) is 2.88. The summed E-state index contributed by atoms with van der Waals surface area (Å²) in [5.41, 5.74) is 1.10. The molecule has 0 aliphatic rings. The largest absolute Gasteiger partial charge is 0.545 e. The van der Waals surface area contributed by atoms with E-state index < -0.39 is 5.97 Å². The van der Waals surface area contributed by atoms with Crippen molar-refractivity contribution >= 4 is 5.97 Å². The number of methoxy groups -OCH3 is 2. The van der Waals surface area contributed by atoms with E-state index in [4.69, 9.17) is 14.2 Å². The molecule has 0 radical (unpaired) electrons. The van der Waals surface area contributed by atoms with Crippen molar-refractivity contribution in [2.75, 3.05) is 14.2 Å². The summed E-state index contributed by atoms with van der Waals surface area (Å²) in [5, 5.41) is 11.8. The molecule has 0 unspecified atom stereocenters. The average Bonchev–Trinajstić information content (AvgIpc) is 2.68. The maximum Gasteiger partial charge on any atom is 0.328 e. The lowest BCUT2D eigenvalue weighted by Gasteiger charge is -2.16. The van der Waals surface area contributed by atoms with E-state index in [1.807, 2.05) is 18.2 Å². The number of ether oxygens (including phenoxy) is 3. The molecular weight excluding hydrogens is 350 g/mol. The zero-order valence-corrected chi connectivity index (χ0v) is 15.1. The monoisotopic (exact) mass is 369 g/mol. The van der Waals surface area contributed by atoms with Crippen molar-refractivity contribution in [1.29, 1.82) is 0 Å². The van der Waals surface area contributed by atoms with Crippen LogP contribution in [0.15, 0.2) is 54.6 Å². The van der Waals surface area contributed by atoms with E-state index in [0.29, 0.717) is 5.56 Å². The van der Waals surface area contributed by atoms with Gasteiger partial charge in [0.1, 0.15) is 5.75 Å². The van der Waals surface area contributed by atoms with Crippen molar-refractivity contribution in [1.82, 2.24) is 16.1 Å². The Morgan fingerprint density at radius 3 is 2.11 bits per heavy atom. The van der Waals surface area contributed by atoms with Gasteiger partial charge in [0.2, 0.25) is 11.8 Å². The van der Waals surface area contributed by atoms with Gasteiger partial charge in [-0.05, 0) is 17.2 Å². The first-order valence-electron chi connectivity index (χ1n) is 7.67. The number of carbonyl (C=O) groups is 1. The molecule has 1 aromatic heterocycles. The van der Waals surface area contributed by atoms with Crippen molar-refractivity contribution in [3.63, 3.8) is 0 Å². The number of carboxylic acid groups (broad SMARTS) is 1. The number of nitrogens with zero attached hydrogens (tertiary/aromatic N) is 2. The Balaban J connectivity index is 0.00000261. The van der Waals surface area contributed by atoms with Gasteiger partial charge in [-0.3, -0.25) is 0 Å². The Hall–Kier alpha value is -3.65. The zero-order chi connectivity index (χ0) is 18.5. The Bertz CT molecular complexity index is 910. The normalized spacial score (nSPS) is 9.85. The lowest BCUT2D eigenvalue weighted by atomic mass is 9.99. The molecule has 0 aliphatic carbocycles. The summed E-state index contributed by atoms with van der Waals surface area (Å²) in [5.74, 6) is -0.863. The molecule has 140 valence electrons. The Kier molecular flexibility index (Phi) is 6.29. The van der Waals surface area contributed by atoms with Gasteiger partial charge in [0, 0.05) is 5.56 Å². The topological polar surface area (TPSA) is 130 Å². The molecule has 0 spiro atoms. The summed E-state index contributed by atoms with van der Waals surface area (Å²) in [6.45, 7) is 0. The van der Waals surface area contributed by atoms with Gasteiger partial charge in [-0.2, -0.15) is 9.97 Å². The predicted molar refractivity (Wildman–Crippen MR) is 97.4 cm³/mol. The van der Waals surface area contributed by atoms with Crippen LogP contribution in [0.3, 0.4) is 0 Å². The molecule has 4 N–H and O–H groups in total. The van der Waals surface area contributed by atoms with Crippen LogP contribution >= 0.6 is 0 Å². The predicted octanol–water partition coefficient (Wildman–Crippen LogP) is 2.69. The second-order valence-electron chi connectivity index (χ2n) is 5.17. The van der Waals surface area contributed by atoms with E-state index in [1.54, 1.807) is 24.3 Å². The van der Waals surface area contributed by atoms with Crippen LogP contribution in [0.4, 0.5) is 0 Å². The van der Waals surface area contributed by atoms with Crippen LogP contribution in [0.2, 0.25) is 0 Å². The van der Waals surface area contributed by atoms with Crippen molar-refractivity contribution in [3.05, 3.63) is 60.2 Å². The molecule has 0 saturated heterocycles. The fourth-order valence-corrected chi connectivity index (χ4v) is 2.42. The lowest BCUT2D eigenvalue weighted by Crippen LogP contribution is -2.23. The van der Waals surface area contributed by atoms with Crippen LogP contribution in [0.5, 0.6) is 23.5 Å². The van der Waals surface area contributed by atoms with Crippen molar-refractivity contribution in [3.8, 4) is 34.6 Å². The number of quaternary nitrogens is 1. The SMILES string of the molecule is COc1cc(OC)nc(Oc2cccc(-c3ccccc3)c2C(=O)[O-])n1.[NH4+]. The van der Waals surface area contributed by atoms with E-state index in [-0.39, 0.29) is 35.2 Å². The van der Waals surface area contributed by atoms with Crippen LogP contribution in [0.25, 0.3) is 11.1 Å². The summed E-state index contributed by atoms with van der Waals surface area (Å²) in [6, 6.07) is 15.3. The van der Waals surface area contributed by atoms with Gasteiger partial charge >= 0.3 is 6.01 Å². The van der Waals surface area contributed by atoms with Gasteiger partial charge in [0.25, 0.3) is 0 Å². The minimum Gasteiger partial charge on any atom is -0.545 e. The van der Waals surface area contributed by atoms with E-state index in [1.165, 1.54) is 26.4 Å². The molecular formula is C19H19N3O5. The van der Waals surface area contributed by atoms with Gasteiger partial charge in [0.15, 0.2) is 0 Å². The maximum absolute atomic E-state index is 11.8.